The van der Waals surface area contributed by atoms with E-state index in [0.717, 1.165) is 0 Å². The summed E-state index contributed by atoms with van der Waals surface area (Å²) in [4.78, 5) is 0. The van der Waals surface area contributed by atoms with Crippen LogP contribution >= 0.6 is 0 Å². The van der Waals surface area contributed by atoms with E-state index >= 15 is 0 Å². The van der Waals surface area contributed by atoms with Crippen LogP contribution < -0.4 is 0 Å². The zero-order valence-electron chi connectivity index (χ0n) is 8.00. The van der Waals surface area contributed by atoms with Crippen LogP contribution in [-0.2, 0) is 0 Å². The molecule has 0 amide bonds. The van der Waals surface area contributed by atoms with Gasteiger partial charge in [0.2, 0.25) is 0 Å². The molecule has 0 aromatic carbocycles. The van der Waals surface area contributed by atoms with Crippen molar-refractivity contribution in [2.75, 3.05) is 0 Å². The van der Waals surface area contributed by atoms with E-state index in [4.69, 9.17) is 0 Å². The molecule has 0 bridgehead atoms. The van der Waals surface area contributed by atoms with Gasteiger partial charge in [-0.05, 0) is 24.7 Å². The Labute approximate surface area is 75.5 Å². The van der Waals surface area contributed by atoms with Crippen molar-refractivity contribution < 1.29 is 5.11 Å². The third-order valence-electron chi connectivity index (χ3n) is 3.04. The van der Waals surface area contributed by atoms with Gasteiger partial charge in [-0.25, -0.2) is 0 Å². The summed E-state index contributed by atoms with van der Waals surface area (Å²) < 4.78 is 0. The van der Waals surface area contributed by atoms with E-state index in [9.17, 15) is 5.11 Å². The highest BCUT2D eigenvalue weighted by Crippen LogP contribution is 2.29. The van der Waals surface area contributed by atoms with Crippen LogP contribution in [0.1, 0.15) is 39.0 Å². The largest absolute Gasteiger partial charge is 0.392 e. The van der Waals surface area contributed by atoms with Crippen molar-refractivity contribution in [3.8, 4) is 0 Å². The lowest BCUT2D eigenvalue weighted by Gasteiger charge is -2.29. The second kappa shape index (κ2) is 4.66. The van der Waals surface area contributed by atoms with Crippen LogP contribution in [-0.4, -0.2) is 11.2 Å². The highest BCUT2D eigenvalue weighted by Gasteiger charge is 2.24. The molecule has 0 aromatic heterocycles. The van der Waals surface area contributed by atoms with Gasteiger partial charge in [-0.3, -0.25) is 0 Å². The molecule has 70 valence electrons. The highest BCUT2D eigenvalue weighted by atomic mass is 16.3. The summed E-state index contributed by atoms with van der Waals surface area (Å²) in [6.07, 6.45) is 8.07. The van der Waals surface area contributed by atoms with Crippen LogP contribution in [0, 0.1) is 11.8 Å². The monoisotopic (exact) mass is 168 g/mol. The Morgan fingerprint density at radius 3 is 2.42 bits per heavy atom. The van der Waals surface area contributed by atoms with Crippen LogP contribution in [0.25, 0.3) is 0 Å². The van der Waals surface area contributed by atoms with E-state index in [2.05, 4.69) is 6.58 Å². The normalized spacial score (nSPS) is 24.8. The quantitative estimate of drug-likeness (QED) is 0.642. The first-order valence-corrected chi connectivity index (χ1v) is 5.06. The highest BCUT2D eigenvalue weighted by molar-refractivity contribution is 4.86. The molecule has 1 nitrogen and oxygen atoms in total. The van der Waals surface area contributed by atoms with Crippen molar-refractivity contribution >= 4 is 0 Å². The molecule has 1 fully saturated rings. The van der Waals surface area contributed by atoms with Crippen LogP contribution in [0.15, 0.2) is 12.7 Å². The molecule has 1 saturated carbocycles. The van der Waals surface area contributed by atoms with Gasteiger partial charge in [-0.1, -0.05) is 32.3 Å². The van der Waals surface area contributed by atoms with Crippen molar-refractivity contribution in [3.63, 3.8) is 0 Å². The van der Waals surface area contributed by atoms with Gasteiger partial charge in [-0.2, -0.15) is 0 Å². The zero-order valence-corrected chi connectivity index (χ0v) is 8.00. The number of hydrogen-bond donors (Lipinski definition) is 1. The summed E-state index contributed by atoms with van der Waals surface area (Å²) in [7, 11) is 0. The van der Waals surface area contributed by atoms with E-state index in [0.29, 0.717) is 5.92 Å². The Morgan fingerprint density at radius 1 is 1.33 bits per heavy atom. The third kappa shape index (κ3) is 2.34. The van der Waals surface area contributed by atoms with Gasteiger partial charge in [0.05, 0.1) is 6.10 Å². The molecular formula is C11H20O. The fraction of sp³-hybridized carbons (Fsp3) is 0.818. The van der Waals surface area contributed by atoms with Gasteiger partial charge < -0.3 is 5.11 Å². The second-order valence-corrected chi connectivity index (χ2v) is 3.98. The van der Waals surface area contributed by atoms with Crippen LogP contribution in [0.5, 0.6) is 0 Å². The maximum atomic E-state index is 9.87. The molecule has 1 rings (SSSR count). The smallest absolute Gasteiger partial charge is 0.0628 e. The first-order chi connectivity index (χ1) is 5.75. The Hall–Kier alpha value is -0.300. The lowest BCUT2D eigenvalue weighted by atomic mass is 9.81. The van der Waals surface area contributed by atoms with E-state index in [1.807, 2.05) is 13.0 Å². The SMILES string of the molecule is C=C[C@H](C)[C@@H](O)C1CCCCC1. The maximum Gasteiger partial charge on any atom is 0.0628 e. The topological polar surface area (TPSA) is 20.2 Å². The minimum absolute atomic E-state index is 0.150. The summed E-state index contributed by atoms with van der Waals surface area (Å²) in [6.45, 7) is 5.76. The average molecular weight is 168 g/mol. The number of rotatable bonds is 3. The molecule has 0 saturated heterocycles. The number of hydrogen-bond acceptors (Lipinski definition) is 1. The van der Waals surface area contributed by atoms with Gasteiger partial charge in [-0.15, -0.1) is 6.58 Å². The Kier molecular flexibility index (Phi) is 3.80. The van der Waals surface area contributed by atoms with Crippen LogP contribution in [0.4, 0.5) is 0 Å². The predicted octanol–water partition coefficient (Wildman–Crippen LogP) is 2.75. The molecule has 0 unspecified atom stereocenters. The lowest BCUT2D eigenvalue weighted by Crippen LogP contribution is -2.28. The zero-order chi connectivity index (χ0) is 8.97. The standard InChI is InChI=1S/C11H20O/c1-3-9(2)11(12)10-7-5-4-6-8-10/h3,9-12H,1,4-8H2,2H3/t9-,11+/m0/s1. The van der Waals surface area contributed by atoms with Gasteiger partial charge in [0.1, 0.15) is 0 Å². The van der Waals surface area contributed by atoms with Gasteiger partial charge >= 0.3 is 0 Å². The van der Waals surface area contributed by atoms with Crippen molar-refractivity contribution in [1.29, 1.82) is 0 Å². The molecule has 1 heteroatoms. The Morgan fingerprint density at radius 2 is 1.92 bits per heavy atom. The predicted molar refractivity (Wildman–Crippen MR) is 51.9 cm³/mol. The van der Waals surface area contributed by atoms with E-state index in [-0.39, 0.29) is 12.0 Å². The molecule has 0 radical (unpaired) electrons. The minimum Gasteiger partial charge on any atom is -0.392 e. The Bertz CT molecular complexity index is 136. The molecule has 0 spiro atoms. The Balaban J connectivity index is 2.38. The molecule has 1 aliphatic carbocycles. The van der Waals surface area contributed by atoms with Crippen LogP contribution in [0.3, 0.4) is 0 Å². The van der Waals surface area contributed by atoms with Crippen molar-refractivity contribution in [2.45, 2.75) is 45.1 Å². The number of aliphatic hydroxyl groups excluding tert-OH is 1. The summed E-state index contributed by atoms with van der Waals surface area (Å²) in [6, 6.07) is 0. The van der Waals surface area contributed by atoms with Crippen LogP contribution in [0.2, 0.25) is 0 Å². The summed E-state index contributed by atoms with van der Waals surface area (Å²) in [5, 5.41) is 9.87. The minimum atomic E-state index is -0.150. The summed E-state index contributed by atoms with van der Waals surface area (Å²) >= 11 is 0. The fourth-order valence-electron chi connectivity index (χ4n) is 2.04. The van der Waals surface area contributed by atoms with Crippen molar-refractivity contribution in [1.82, 2.24) is 0 Å². The number of aliphatic hydroxyl groups is 1. The first-order valence-electron chi connectivity index (χ1n) is 5.06. The van der Waals surface area contributed by atoms with E-state index < -0.39 is 0 Å². The maximum absolute atomic E-state index is 9.87. The van der Waals surface area contributed by atoms with Crippen molar-refractivity contribution in [2.24, 2.45) is 11.8 Å². The van der Waals surface area contributed by atoms with Gasteiger partial charge in [0.15, 0.2) is 0 Å². The summed E-state index contributed by atoms with van der Waals surface area (Å²) in [5.74, 6) is 0.792. The lowest BCUT2D eigenvalue weighted by molar-refractivity contribution is 0.0558. The summed E-state index contributed by atoms with van der Waals surface area (Å²) in [5.41, 5.74) is 0. The molecule has 0 aromatic rings. The molecule has 0 heterocycles. The average Bonchev–Trinajstić information content (AvgIpc) is 2.17. The molecule has 12 heavy (non-hydrogen) atoms. The molecule has 2 atom stereocenters. The van der Waals surface area contributed by atoms with Gasteiger partial charge in [0, 0.05) is 0 Å². The van der Waals surface area contributed by atoms with E-state index in [1.54, 1.807) is 0 Å². The third-order valence-corrected chi connectivity index (χ3v) is 3.04. The fourth-order valence-corrected chi connectivity index (χ4v) is 2.04. The molecule has 1 aliphatic rings. The van der Waals surface area contributed by atoms with Gasteiger partial charge in [0.25, 0.3) is 0 Å². The first kappa shape index (κ1) is 9.79. The van der Waals surface area contributed by atoms with Crippen molar-refractivity contribution in [3.05, 3.63) is 12.7 Å². The second-order valence-electron chi connectivity index (χ2n) is 3.98. The molecule has 0 aliphatic heterocycles. The van der Waals surface area contributed by atoms with E-state index in [1.165, 1.54) is 32.1 Å². The molecular weight excluding hydrogens is 148 g/mol. The molecule has 1 N–H and O–H groups in total.